The van der Waals surface area contributed by atoms with E-state index in [1.807, 2.05) is 13.0 Å². The normalized spacial score (nSPS) is 16.2. The van der Waals surface area contributed by atoms with Crippen molar-refractivity contribution in [3.05, 3.63) is 61.2 Å². The highest BCUT2D eigenvalue weighted by atomic mass is 32.2. The molecule has 1 heterocycles. The van der Waals surface area contributed by atoms with Gasteiger partial charge < -0.3 is 9.64 Å². The first kappa shape index (κ1) is 19.0. The Morgan fingerprint density at radius 1 is 1.30 bits per heavy atom. The molecule has 0 fully saturated rings. The molecule has 0 unspecified atom stereocenters. The average Bonchev–Trinajstić information content (AvgIpc) is 2.65. The van der Waals surface area contributed by atoms with Gasteiger partial charge in [-0.05, 0) is 37.3 Å². The second-order valence-corrected chi connectivity index (χ2v) is 8.21. The monoisotopic (exact) mass is 386 g/mol. The Balaban J connectivity index is 2.08. The Kier molecular flexibility index (Phi) is 5.23. The summed E-state index contributed by atoms with van der Waals surface area (Å²) < 4.78 is 33.6. The van der Waals surface area contributed by atoms with Crippen LogP contribution in [0, 0.1) is 0 Å². The molecule has 0 N–H and O–H groups in total. The molecule has 27 heavy (non-hydrogen) atoms. The van der Waals surface area contributed by atoms with Gasteiger partial charge in [-0.3, -0.25) is 9.10 Å². The van der Waals surface area contributed by atoms with E-state index in [2.05, 4.69) is 6.58 Å². The molecule has 2 aromatic rings. The largest absolute Gasteiger partial charge is 0.487 e. The molecule has 1 atom stereocenters. The van der Waals surface area contributed by atoms with Gasteiger partial charge in [0.15, 0.2) is 0 Å². The van der Waals surface area contributed by atoms with Crippen LogP contribution in [0.25, 0.3) is 0 Å². The summed E-state index contributed by atoms with van der Waals surface area (Å²) in [7, 11) is -3.84. The molecule has 0 saturated carbocycles. The predicted molar refractivity (Wildman–Crippen MR) is 106 cm³/mol. The molecule has 1 amide bonds. The summed E-state index contributed by atoms with van der Waals surface area (Å²) in [5.41, 5.74) is 1.01. The van der Waals surface area contributed by atoms with Gasteiger partial charge in [-0.2, -0.15) is 0 Å². The number of ether oxygens (including phenoxy) is 1. The number of hydrogen-bond acceptors (Lipinski definition) is 4. The minimum atomic E-state index is -3.84. The molecule has 142 valence electrons. The molecule has 6 nitrogen and oxygen atoms in total. The van der Waals surface area contributed by atoms with Gasteiger partial charge in [-0.25, -0.2) is 8.42 Å². The number of sulfonamides is 1. The maximum atomic E-state index is 13.3. The molecular weight excluding hydrogens is 364 g/mol. The van der Waals surface area contributed by atoms with Gasteiger partial charge in [-0.15, -0.1) is 6.58 Å². The lowest BCUT2D eigenvalue weighted by Crippen LogP contribution is -2.41. The van der Waals surface area contributed by atoms with E-state index in [0.29, 0.717) is 23.7 Å². The summed E-state index contributed by atoms with van der Waals surface area (Å²) in [6.07, 6.45) is 1.38. The van der Waals surface area contributed by atoms with Crippen molar-refractivity contribution in [2.45, 2.75) is 24.8 Å². The van der Waals surface area contributed by atoms with Gasteiger partial charge in [0.05, 0.1) is 29.4 Å². The molecule has 7 heteroatoms. The summed E-state index contributed by atoms with van der Waals surface area (Å²) >= 11 is 0. The van der Waals surface area contributed by atoms with Crippen LogP contribution in [0.3, 0.4) is 0 Å². The molecule has 0 aliphatic carbocycles. The lowest BCUT2D eigenvalue weighted by molar-refractivity contribution is -0.117. The number of carbonyl (C=O) groups is 1. The van der Waals surface area contributed by atoms with Crippen molar-refractivity contribution in [1.29, 1.82) is 0 Å². The van der Waals surface area contributed by atoms with Crippen LogP contribution in [0.1, 0.15) is 13.8 Å². The SMILES string of the molecule is C=CCN(c1ccccc1)S(=O)(=O)c1ccc2c(c1)N(C(C)=O)C[C@H](C)O2. The van der Waals surface area contributed by atoms with E-state index in [0.717, 1.165) is 0 Å². The van der Waals surface area contributed by atoms with Gasteiger partial charge >= 0.3 is 0 Å². The summed E-state index contributed by atoms with van der Waals surface area (Å²) in [6, 6.07) is 13.4. The molecule has 0 bridgehead atoms. The van der Waals surface area contributed by atoms with E-state index in [1.165, 1.54) is 29.4 Å². The standard InChI is InChI=1S/C20H22N2O4S/c1-4-12-22(17-8-6-5-7-9-17)27(24,25)18-10-11-20-19(13-18)21(16(3)23)14-15(2)26-20/h4-11,13,15H,1,12,14H2,2-3H3/t15-/m0/s1. The summed E-state index contributed by atoms with van der Waals surface area (Å²) in [5.74, 6) is 0.338. The molecule has 3 rings (SSSR count). The Morgan fingerprint density at radius 2 is 2.00 bits per heavy atom. The lowest BCUT2D eigenvalue weighted by Gasteiger charge is -2.33. The van der Waals surface area contributed by atoms with E-state index in [-0.39, 0.29) is 23.5 Å². The average molecular weight is 386 g/mol. The van der Waals surface area contributed by atoms with Crippen molar-refractivity contribution in [2.75, 3.05) is 22.3 Å². The van der Waals surface area contributed by atoms with E-state index >= 15 is 0 Å². The van der Waals surface area contributed by atoms with Crippen molar-refractivity contribution in [2.24, 2.45) is 0 Å². The fourth-order valence-corrected chi connectivity index (χ4v) is 4.51. The quantitative estimate of drug-likeness (QED) is 0.740. The van der Waals surface area contributed by atoms with Crippen LogP contribution in [0.4, 0.5) is 11.4 Å². The number of nitrogens with zero attached hydrogens (tertiary/aromatic N) is 2. The number of fused-ring (bicyclic) bond motifs is 1. The highest BCUT2D eigenvalue weighted by Gasteiger charge is 2.30. The van der Waals surface area contributed by atoms with Gasteiger partial charge in [0, 0.05) is 6.92 Å². The fraction of sp³-hybridized carbons (Fsp3) is 0.250. The third-order valence-corrected chi connectivity index (χ3v) is 6.09. The summed E-state index contributed by atoms with van der Waals surface area (Å²) in [5, 5.41) is 0. The molecule has 1 aliphatic heterocycles. The first-order valence-corrected chi connectivity index (χ1v) is 10.1. The summed E-state index contributed by atoms with van der Waals surface area (Å²) in [6.45, 7) is 7.50. The van der Waals surface area contributed by atoms with E-state index < -0.39 is 10.0 Å². The van der Waals surface area contributed by atoms with E-state index in [9.17, 15) is 13.2 Å². The number of para-hydroxylation sites is 1. The molecule has 2 aromatic carbocycles. The number of rotatable bonds is 5. The molecular formula is C20H22N2O4S. The van der Waals surface area contributed by atoms with Crippen molar-refractivity contribution in [3.8, 4) is 5.75 Å². The molecule has 0 radical (unpaired) electrons. The summed E-state index contributed by atoms with van der Waals surface area (Å²) in [4.78, 5) is 13.7. The Morgan fingerprint density at radius 3 is 2.63 bits per heavy atom. The molecule has 0 aromatic heterocycles. The van der Waals surface area contributed by atoms with Gasteiger partial charge in [0.1, 0.15) is 11.9 Å². The Bertz CT molecular complexity index is 957. The highest BCUT2D eigenvalue weighted by Crippen LogP contribution is 2.36. The number of hydrogen-bond donors (Lipinski definition) is 0. The van der Waals surface area contributed by atoms with Crippen molar-refractivity contribution < 1.29 is 17.9 Å². The van der Waals surface area contributed by atoms with Crippen molar-refractivity contribution in [3.63, 3.8) is 0 Å². The first-order chi connectivity index (χ1) is 12.8. The van der Waals surface area contributed by atoms with Crippen LogP contribution < -0.4 is 13.9 Å². The van der Waals surface area contributed by atoms with Gasteiger partial charge in [0.25, 0.3) is 10.0 Å². The second-order valence-electron chi connectivity index (χ2n) is 6.35. The highest BCUT2D eigenvalue weighted by molar-refractivity contribution is 7.92. The van der Waals surface area contributed by atoms with Crippen LogP contribution in [0.2, 0.25) is 0 Å². The van der Waals surface area contributed by atoms with E-state index in [4.69, 9.17) is 4.74 Å². The Labute approximate surface area is 159 Å². The van der Waals surface area contributed by atoms with Crippen LogP contribution in [0.5, 0.6) is 5.75 Å². The third kappa shape index (κ3) is 3.68. The lowest BCUT2D eigenvalue weighted by atomic mass is 10.2. The van der Waals surface area contributed by atoms with Crippen molar-refractivity contribution in [1.82, 2.24) is 0 Å². The maximum absolute atomic E-state index is 13.3. The number of carbonyl (C=O) groups excluding carboxylic acids is 1. The maximum Gasteiger partial charge on any atom is 0.264 e. The van der Waals surface area contributed by atoms with Crippen LogP contribution in [0.15, 0.2) is 66.1 Å². The molecule has 0 saturated heterocycles. The number of benzene rings is 2. The van der Waals surface area contributed by atoms with Gasteiger partial charge in [0.2, 0.25) is 5.91 Å². The topological polar surface area (TPSA) is 66.9 Å². The van der Waals surface area contributed by atoms with E-state index in [1.54, 1.807) is 35.2 Å². The van der Waals surface area contributed by atoms with Crippen LogP contribution >= 0.6 is 0 Å². The Hall–Kier alpha value is -2.80. The zero-order valence-electron chi connectivity index (χ0n) is 15.3. The third-order valence-electron chi connectivity index (χ3n) is 4.30. The number of amides is 1. The zero-order valence-corrected chi connectivity index (χ0v) is 16.1. The fourth-order valence-electron chi connectivity index (χ4n) is 3.06. The number of anilines is 2. The van der Waals surface area contributed by atoms with Crippen LogP contribution in [-0.4, -0.2) is 33.5 Å². The zero-order chi connectivity index (χ0) is 19.6. The smallest absolute Gasteiger partial charge is 0.264 e. The molecule has 0 spiro atoms. The van der Waals surface area contributed by atoms with Gasteiger partial charge in [-0.1, -0.05) is 24.3 Å². The van der Waals surface area contributed by atoms with Crippen LogP contribution in [-0.2, 0) is 14.8 Å². The second kappa shape index (κ2) is 7.44. The predicted octanol–water partition coefficient (Wildman–Crippen LogP) is 3.20. The molecule has 1 aliphatic rings. The minimum Gasteiger partial charge on any atom is -0.487 e. The minimum absolute atomic E-state index is 0.0938. The van der Waals surface area contributed by atoms with Crippen molar-refractivity contribution >= 4 is 27.3 Å². The first-order valence-electron chi connectivity index (χ1n) is 8.62.